The van der Waals surface area contributed by atoms with E-state index in [2.05, 4.69) is 0 Å². The van der Waals surface area contributed by atoms with E-state index in [1.54, 1.807) is 11.8 Å². The summed E-state index contributed by atoms with van der Waals surface area (Å²) in [6, 6.07) is 5.87. The number of hydrogen-bond acceptors (Lipinski definition) is 3. The number of carbonyl (C=O) groups is 1. The number of nitrogen functional groups attached to an aromatic ring is 1. The maximum absolute atomic E-state index is 11.8. The number of anilines is 1. The van der Waals surface area contributed by atoms with Gasteiger partial charge in [-0.1, -0.05) is 0 Å². The minimum Gasteiger partial charge on any atom is -0.399 e. The first kappa shape index (κ1) is 13.9. The Hall–Kier alpha value is -1.16. The minimum atomic E-state index is 0.189. The maximum atomic E-state index is 11.8. The summed E-state index contributed by atoms with van der Waals surface area (Å²) in [7, 11) is 0. The molecular weight excluding hydrogens is 232 g/mol. The van der Waals surface area contributed by atoms with Crippen molar-refractivity contribution in [2.45, 2.75) is 25.7 Å². The molecule has 0 saturated heterocycles. The number of thioether (sulfide) groups is 1. The van der Waals surface area contributed by atoms with Gasteiger partial charge < -0.3 is 10.6 Å². The fourth-order valence-corrected chi connectivity index (χ4v) is 2.45. The average Bonchev–Trinajstić information content (AvgIpc) is 2.32. The van der Waals surface area contributed by atoms with Crippen LogP contribution >= 0.6 is 11.8 Å². The molecule has 0 atom stereocenters. The molecule has 0 bridgehead atoms. The molecular formula is C13H20N2OS. The second-order valence-electron chi connectivity index (χ2n) is 3.87. The third kappa shape index (κ3) is 3.97. The second kappa shape index (κ2) is 6.55. The van der Waals surface area contributed by atoms with E-state index in [0.29, 0.717) is 5.75 Å². The quantitative estimate of drug-likeness (QED) is 0.647. The van der Waals surface area contributed by atoms with E-state index in [1.807, 2.05) is 43.9 Å². The van der Waals surface area contributed by atoms with Crippen molar-refractivity contribution in [1.82, 2.24) is 4.90 Å². The van der Waals surface area contributed by atoms with Crippen molar-refractivity contribution in [2.75, 3.05) is 24.6 Å². The van der Waals surface area contributed by atoms with Crippen molar-refractivity contribution < 1.29 is 4.79 Å². The van der Waals surface area contributed by atoms with Gasteiger partial charge in [0, 0.05) is 23.7 Å². The smallest absolute Gasteiger partial charge is 0.232 e. The molecule has 0 radical (unpaired) electrons. The Kier molecular flexibility index (Phi) is 5.35. The second-order valence-corrected chi connectivity index (χ2v) is 4.92. The number of benzene rings is 1. The van der Waals surface area contributed by atoms with Crippen LogP contribution in [0.25, 0.3) is 0 Å². The van der Waals surface area contributed by atoms with Crippen molar-refractivity contribution in [1.29, 1.82) is 0 Å². The summed E-state index contributed by atoms with van der Waals surface area (Å²) >= 11 is 1.56. The van der Waals surface area contributed by atoms with Gasteiger partial charge in [-0.3, -0.25) is 4.79 Å². The zero-order valence-corrected chi connectivity index (χ0v) is 11.5. The van der Waals surface area contributed by atoms with Gasteiger partial charge in [-0.25, -0.2) is 0 Å². The van der Waals surface area contributed by atoms with Crippen LogP contribution in [0.1, 0.15) is 19.4 Å². The first-order chi connectivity index (χ1) is 8.08. The lowest BCUT2D eigenvalue weighted by molar-refractivity contribution is -0.127. The Morgan fingerprint density at radius 3 is 2.53 bits per heavy atom. The normalized spacial score (nSPS) is 10.3. The van der Waals surface area contributed by atoms with Gasteiger partial charge in [0.2, 0.25) is 5.91 Å². The minimum absolute atomic E-state index is 0.189. The van der Waals surface area contributed by atoms with Gasteiger partial charge in [-0.15, -0.1) is 11.8 Å². The van der Waals surface area contributed by atoms with Crippen molar-refractivity contribution >= 4 is 23.4 Å². The lowest BCUT2D eigenvalue weighted by Crippen LogP contribution is -2.31. The summed E-state index contributed by atoms with van der Waals surface area (Å²) in [4.78, 5) is 14.7. The van der Waals surface area contributed by atoms with Gasteiger partial charge in [0.25, 0.3) is 0 Å². The molecule has 94 valence electrons. The Balaban J connectivity index is 2.55. The van der Waals surface area contributed by atoms with E-state index in [1.165, 1.54) is 0 Å². The highest BCUT2D eigenvalue weighted by atomic mass is 32.2. The SMILES string of the molecule is CCN(CC)C(=O)CSc1ccc(N)c(C)c1. The van der Waals surface area contributed by atoms with Crippen LogP contribution in [0.2, 0.25) is 0 Å². The molecule has 0 aliphatic rings. The lowest BCUT2D eigenvalue weighted by atomic mass is 10.2. The Morgan fingerprint density at radius 1 is 1.35 bits per heavy atom. The average molecular weight is 252 g/mol. The predicted molar refractivity (Wildman–Crippen MR) is 74.2 cm³/mol. The van der Waals surface area contributed by atoms with Crippen LogP contribution in [0.5, 0.6) is 0 Å². The zero-order chi connectivity index (χ0) is 12.8. The Bertz CT molecular complexity index is 389. The van der Waals surface area contributed by atoms with Crippen LogP contribution in [-0.4, -0.2) is 29.6 Å². The van der Waals surface area contributed by atoms with Crippen LogP contribution in [0.3, 0.4) is 0 Å². The topological polar surface area (TPSA) is 46.3 Å². The van der Waals surface area contributed by atoms with Crippen molar-refractivity contribution in [3.05, 3.63) is 23.8 Å². The van der Waals surface area contributed by atoms with E-state index < -0.39 is 0 Å². The third-order valence-electron chi connectivity index (χ3n) is 2.72. The molecule has 4 heteroatoms. The number of rotatable bonds is 5. The van der Waals surface area contributed by atoms with Crippen LogP contribution < -0.4 is 5.73 Å². The molecule has 3 nitrogen and oxygen atoms in total. The number of hydrogen-bond donors (Lipinski definition) is 1. The Labute approximate surface area is 107 Å². The summed E-state index contributed by atoms with van der Waals surface area (Å²) in [5.74, 6) is 0.680. The molecule has 0 aliphatic heterocycles. The summed E-state index contributed by atoms with van der Waals surface area (Å²) < 4.78 is 0. The van der Waals surface area contributed by atoms with E-state index in [0.717, 1.165) is 29.2 Å². The fraction of sp³-hybridized carbons (Fsp3) is 0.462. The molecule has 1 aromatic rings. The number of nitrogens with two attached hydrogens (primary N) is 1. The van der Waals surface area contributed by atoms with Crippen molar-refractivity contribution in [3.63, 3.8) is 0 Å². The summed E-state index contributed by atoms with van der Waals surface area (Å²) in [5, 5.41) is 0. The monoisotopic (exact) mass is 252 g/mol. The number of carbonyl (C=O) groups excluding carboxylic acids is 1. The first-order valence-corrected chi connectivity index (χ1v) is 6.83. The molecule has 0 aromatic heterocycles. The highest BCUT2D eigenvalue weighted by Gasteiger charge is 2.09. The van der Waals surface area contributed by atoms with Gasteiger partial charge in [0.15, 0.2) is 0 Å². The van der Waals surface area contributed by atoms with Crippen LogP contribution in [0.4, 0.5) is 5.69 Å². The number of amides is 1. The van der Waals surface area contributed by atoms with Gasteiger partial charge in [-0.05, 0) is 44.5 Å². The van der Waals surface area contributed by atoms with Gasteiger partial charge in [0.05, 0.1) is 5.75 Å². The Morgan fingerprint density at radius 2 is 2.00 bits per heavy atom. The van der Waals surface area contributed by atoms with Gasteiger partial charge in [-0.2, -0.15) is 0 Å². The number of aryl methyl sites for hydroxylation is 1. The fourth-order valence-electron chi connectivity index (χ4n) is 1.55. The molecule has 0 spiro atoms. The molecule has 0 unspecified atom stereocenters. The van der Waals surface area contributed by atoms with Crippen LogP contribution in [-0.2, 0) is 4.79 Å². The lowest BCUT2D eigenvalue weighted by Gasteiger charge is -2.18. The van der Waals surface area contributed by atoms with Gasteiger partial charge in [0.1, 0.15) is 0 Å². The molecule has 0 aliphatic carbocycles. The summed E-state index contributed by atoms with van der Waals surface area (Å²) in [6.07, 6.45) is 0. The first-order valence-electron chi connectivity index (χ1n) is 5.85. The summed E-state index contributed by atoms with van der Waals surface area (Å²) in [6.45, 7) is 7.53. The largest absolute Gasteiger partial charge is 0.399 e. The number of nitrogens with zero attached hydrogens (tertiary/aromatic N) is 1. The molecule has 1 aromatic carbocycles. The van der Waals surface area contributed by atoms with E-state index >= 15 is 0 Å². The van der Waals surface area contributed by atoms with Gasteiger partial charge >= 0.3 is 0 Å². The van der Waals surface area contributed by atoms with E-state index in [-0.39, 0.29) is 5.91 Å². The molecule has 0 saturated carbocycles. The van der Waals surface area contributed by atoms with Crippen LogP contribution in [0.15, 0.2) is 23.1 Å². The predicted octanol–water partition coefficient (Wildman–Crippen LogP) is 2.54. The van der Waals surface area contributed by atoms with E-state index in [4.69, 9.17) is 5.73 Å². The molecule has 2 N–H and O–H groups in total. The highest BCUT2D eigenvalue weighted by molar-refractivity contribution is 8.00. The molecule has 1 rings (SSSR count). The molecule has 0 heterocycles. The van der Waals surface area contributed by atoms with Crippen molar-refractivity contribution in [3.8, 4) is 0 Å². The maximum Gasteiger partial charge on any atom is 0.232 e. The zero-order valence-electron chi connectivity index (χ0n) is 10.7. The van der Waals surface area contributed by atoms with Crippen LogP contribution in [0, 0.1) is 6.92 Å². The molecule has 0 fully saturated rings. The third-order valence-corrected chi connectivity index (χ3v) is 3.70. The summed E-state index contributed by atoms with van der Waals surface area (Å²) in [5.41, 5.74) is 7.61. The van der Waals surface area contributed by atoms with Crippen molar-refractivity contribution in [2.24, 2.45) is 0 Å². The molecule has 1 amide bonds. The molecule has 17 heavy (non-hydrogen) atoms. The standard InChI is InChI=1S/C13H20N2OS/c1-4-15(5-2)13(16)9-17-11-6-7-12(14)10(3)8-11/h6-8H,4-5,9,14H2,1-3H3. The van der Waals surface area contributed by atoms with E-state index in [9.17, 15) is 4.79 Å². The highest BCUT2D eigenvalue weighted by Crippen LogP contribution is 2.22.